The zero-order valence-electron chi connectivity index (χ0n) is 12.7. The second-order valence-corrected chi connectivity index (χ2v) is 3.24. The maximum absolute atomic E-state index is 11.5. The van der Waals surface area contributed by atoms with Gasteiger partial charge in [0.2, 0.25) is 0 Å². The lowest BCUT2D eigenvalue weighted by Gasteiger charge is -2.03. The zero-order chi connectivity index (χ0) is 15.4. The number of carbonyl (C=O) groups excluding carboxylic acids is 1. The van der Waals surface area contributed by atoms with Crippen molar-refractivity contribution in [2.75, 3.05) is 10.6 Å². The molecule has 1 aromatic carbocycles. The van der Waals surface area contributed by atoms with E-state index in [4.69, 9.17) is 4.42 Å². The molecule has 0 atom stereocenters. The highest BCUT2D eigenvalue weighted by molar-refractivity contribution is 5.98. The van der Waals surface area contributed by atoms with Crippen molar-refractivity contribution in [3.63, 3.8) is 0 Å². The number of benzene rings is 1. The molecular formula is C15H23N3O2. The minimum Gasteiger partial charge on any atom is -0.432 e. The fraction of sp³-hybridized carbons (Fsp3) is 0.333. The molecule has 1 heterocycles. The van der Waals surface area contributed by atoms with E-state index in [0.717, 1.165) is 5.69 Å². The highest BCUT2D eigenvalue weighted by Crippen LogP contribution is 2.08. The van der Waals surface area contributed by atoms with Crippen LogP contribution in [0.4, 0.5) is 16.5 Å². The molecule has 0 aliphatic heterocycles. The number of para-hydroxylation sites is 1. The van der Waals surface area contributed by atoms with Gasteiger partial charge >= 0.3 is 12.0 Å². The minimum atomic E-state index is -0.381. The van der Waals surface area contributed by atoms with Gasteiger partial charge < -0.3 is 9.73 Å². The average Bonchev–Trinajstić information content (AvgIpc) is 2.89. The van der Waals surface area contributed by atoms with Gasteiger partial charge in [-0.1, -0.05) is 45.9 Å². The number of aryl methyl sites for hydroxylation is 1. The molecule has 5 nitrogen and oxygen atoms in total. The predicted octanol–water partition coefficient (Wildman–Crippen LogP) is 4.68. The fourth-order valence-electron chi connectivity index (χ4n) is 1.19. The van der Waals surface area contributed by atoms with E-state index in [1.165, 1.54) is 6.26 Å². The maximum Gasteiger partial charge on any atom is 0.327 e. The normalized spacial score (nSPS) is 8.45. The summed E-state index contributed by atoms with van der Waals surface area (Å²) in [6, 6.07) is 8.94. The van der Waals surface area contributed by atoms with Crippen LogP contribution in [0.25, 0.3) is 0 Å². The number of amides is 2. The molecule has 0 saturated carbocycles. The van der Waals surface area contributed by atoms with E-state index >= 15 is 0 Å². The van der Waals surface area contributed by atoms with Gasteiger partial charge in [-0.2, -0.15) is 4.98 Å². The first kappa shape index (κ1) is 17.7. The Balaban J connectivity index is 0.000000829. The summed E-state index contributed by atoms with van der Waals surface area (Å²) in [5, 5.41) is 5.13. The van der Waals surface area contributed by atoms with Crippen molar-refractivity contribution in [3.05, 3.63) is 42.3 Å². The molecule has 110 valence electrons. The van der Waals surface area contributed by atoms with Crippen LogP contribution >= 0.6 is 0 Å². The minimum absolute atomic E-state index is 0.186. The van der Waals surface area contributed by atoms with Gasteiger partial charge in [0, 0.05) is 5.69 Å². The number of oxazole rings is 1. The molecule has 0 unspecified atom stereocenters. The first-order valence-corrected chi connectivity index (χ1v) is 6.79. The van der Waals surface area contributed by atoms with Crippen LogP contribution in [0, 0.1) is 6.92 Å². The van der Waals surface area contributed by atoms with Crippen molar-refractivity contribution < 1.29 is 9.21 Å². The van der Waals surface area contributed by atoms with E-state index in [1.54, 1.807) is 19.1 Å². The molecule has 20 heavy (non-hydrogen) atoms. The summed E-state index contributed by atoms with van der Waals surface area (Å²) in [4.78, 5) is 15.4. The van der Waals surface area contributed by atoms with Crippen molar-refractivity contribution >= 4 is 17.7 Å². The average molecular weight is 277 g/mol. The predicted molar refractivity (Wildman–Crippen MR) is 83.0 cm³/mol. The van der Waals surface area contributed by atoms with Crippen LogP contribution in [0.1, 0.15) is 33.4 Å². The van der Waals surface area contributed by atoms with Gasteiger partial charge in [-0.25, -0.2) is 4.79 Å². The first-order chi connectivity index (χ1) is 9.74. The van der Waals surface area contributed by atoms with Gasteiger partial charge in [-0.05, 0) is 19.1 Å². The molecule has 2 aromatic rings. The molecule has 0 bridgehead atoms. The van der Waals surface area contributed by atoms with Gasteiger partial charge in [0.05, 0.1) is 5.69 Å². The summed E-state index contributed by atoms with van der Waals surface area (Å²) in [5.74, 6) is 0. The molecule has 0 aliphatic carbocycles. The van der Waals surface area contributed by atoms with Crippen molar-refractivity contribution in [2.45, 2.75) is 34.6 Å². The Morgan fingerprint density at radius 1 is 1.05 bits per heavy atom. The largest absolute Gasteiger partial charge is 0.432 e. The molecule has 2 amide bonds. The summed E-state index contributed by atoms with van der Waals surface area (Å²) in [6.07, 6.45) is 1.47. The molecule has 0 radical (unpaired) electrons. The van der Waals surface area contributed by atoms with E-state index in [0.29, 0.717) is 5.69 Å². The van der Waals surface area contributed by atoms with Gasteiger partial charge in [-0.15, -0.1) is 0 Å². The second-order valence-electron chi connectivity index (χ2n) is 3.24. The molecule has 1 aromatic heterocycles. The molecule has 2 rings (SSSR count). The van der Waals surface area contributed by atoms with E-state index in [9.17, 15) is 4.79 Å². The molecule has 0 saturated heterocycles. The molecule has 0 fully saturated rings. The van der Waals surface area contributed by atoms with Gasteiger partial charge in [0.25, 0.3) is 0 Å². The summed E-state index contributed by atoms with van der Waals surface area (Å²) < 4.78 is 4.99. The monoisotopic (exact) mass is 277 g/mol. The Hall–Kier alpha value is -2.30. The molecule has 0 aliphatic rings. The van der Waals surface area contributed by atoms with Gasteiger partial charge in [-0.3, -0.25) is 5.32 Å². The van der Waals surface area contributed by atoms with Gasteiger partial charge in [0.1, 0.15) is 6.26 Å². The lowest BCUT2D eigenvalue weighted by molar-refractivity contribution is 0.261. The molecular weight excluding hydrogens is 254 g/mol. The molecule has 0 spiro atoms. The number of urea groups is 1. The Morgan fingerprint density at radius 3 is 2.15 bits per heavy atom. The van der Waals surface area contributed by atoms with Crippen LogP contribution < -0.4 is 10.6 Å². The third-order valence-electron chi connectivity index (χ3n) is 1.87. The standard InChI is InChI=1S/C11H11N3O2.2C2H6/c1-8-7-16-11(12-8)14-10(15)13-9-5-3-2-4-6-9;2*1-2/h2-7H,1H3,(H2,12,13,14,15);2*1-2H3. The lowest BCUT2D eigenvalue weighted by Crippen LogP contribution is -2.19. The van der Waals surface area contributed by atoms with E-state index in [2.05, 4.69) is 15.6 Å². The van der Waals surface area contributed by atoms with Crippen LogP contribution in [0.15, 0.2) is 41.0 Å². The van der Waals surface area contributed by atoms with E-state index in [1.807, 2.05) is 45.9 Å². The number of hydrogen-bond donors (Lipinski definition) is 2. The van der Waals surface area contributed by atoms with Crippen molar-refractivity contribution in [3.8, 4) is 0 Å². The van der Waals surface area contributed by atoms with Crippen molar-refractivity contribution in [1.82, 2.24) is 4.98 Å². The first-order valence-electron chi connectivity index (χ1n) is 6.79. The van der Waals surface area contributed by atoms with Crippen molar-refractivity contribution in [1.29, 1.82) is 0 Å². The highest BCUT2D eigenvalue weighted by atomic mass is 16.4. The van der Waals surface area contributed by atoms with E-state index < -0.39 is 0 Å². The second kappa shape index (κ2) is 10.6. The summed E-state index contributed by atoms with van der Waals surface area (Å²) in [5.41, 5.74) is 1.43. The SMILES string of the molecule is CC.CC.Cc1coc(NC(=O)Nc2ccccc2)n1. The summed E-state index contributed by atoms with van der Waals surface area (Å²) in [7, 11) is 0. The van der Waals surface area contributed by atoms with Crippen LogP contribution in [-0.4, -0.2) is 11.0 Å². The fourth-order valence-corrected chi connectivity index (χ4v) is 1.19. The number of carbonyl (C=O) groups is 1. The third kappa shape index (κ3) is 6.58. The maximum atomic E-state index is 11.5. The third-order valence-corrected chi connectivity index (χ3v) is 1.87. The lowest BCUT2D eigenvalue weighted by atomic mass is 10.3. The topological polar surface area (TPSA) is 67.2 Å². The van der Waals surface area contributed by atoms with Crippen LogP contribution in [0.5, 0.6) is 0 Å². The van der Waals surface area contributed by atoms with E-state index in [-0.39, 0.29) is 12.0 Å². The summed E-state index contributed by atoms with van der Waals surface area (Å²) in [6.45, 7) is 9.78. The summed E-state index contributed by atoms with van der Waals surface area (Å²) >= 11 is 0. The molecule has 5 heteroatoms. The number of rotatable bonds is 2. The number of anilines is 2. The van der Waals surface area contributed by atoms with Crippen LogP contribution in [-0.2, 0) is 0 Å². The zero-order valence-corrected chi connectivity index (χ0v) is 12.7. The quantitative estimate of drug-likeness (QED) is 0.837. The smallest absolute Gasteiger partial charge is 0.327 e. The number of nitrogens with one attached hydrogen (secondary N) is 2. The van der Waals surface area contributed by atoms with Crippen LogP contribution in [0.2, 0.25) is 0 Å². The van der Waals surface area contributed by atoms with Gasteiger partial charge in [0.15, 0.2) is 0 Å². The Labute approximate surface area is 120 Å². The Kier molecular flexibility index (Phi) is 9.39. The van der Waals surface area contributed by atoms with Crippen LogP contribution in [0.3, 0.4) is 0 Å². The number of nitrogens with zero attached hydrogens (tertiary/aromatic N) is 1. The molecule has 2 N–H and O–H groups in total. The Morgan fingerprint density at radius 2 is 1.65 bits per heavy atom. The Bertz CT molecular complexity index is 481. The van der Waals surface area contributed by atoms with Crippen molar-refractivity contribution in [2.24, 2.45) is 0 Å². The highest BCUT2D eigenvalue weighted by Gasteiger charge is 2.05. The number of hydrogen-bond acceptors (Lipinski definition) is 3. The number of aromatic nitrogens is 1.